The van der Waals surface area contributed by atoms with Gasteiger partial charge in [-0.15, -0.1) is 0 Å². The fourth-order valence-corrected chi connectivity index (χ4v) is 0.831. The first-order valence-corrected chi connectivity index (χ1v) is 3.26. The summed E-state index contributed by atoms with van der Waals surface area (Å²) in [7, 11) is 5.33. The lowest BCUT2D eigenvalue weighted by Crippen LogP contribution is -1.96. The summed E-state index contributed by atoms with van der Waals surface area (Å²) in [4.78, 5) is 10.4. The molecule has 0 atom stereocenters. The molecule has 0 fully saturated rings. The lowest BCUT2D eigenvalue weighted by Gasteiger charge is -1.97. The summed E-state index contributed by atoms with van der Waals surface area (Å²) in [6, 6.07) is 6.60. The molecular formula is C8H7BO2. The maximum atomic E-state index is 10.4. The molecule has 0 aliphatic carbocycles. The molecule has 0 spiro atoms. The van der Waals surface area contributed by atoms with E-state index in [9.17, 15) is 4.79 Å². The highest BCUT2D eigenvalue weighted by molar-refractivity contribution is 6.08. The van der Waals surface area contributed by atoms with Gasteiger partial charge in [-0.1, -0.05) is 24.0 Å². The van der Waals surface area contributed by atoms with Crippen LogP contribution in [0.2, 0.25) is 0 Å². The van der Waals surface area contributed by atoms with Crippen molar-refractivity contribution in [1.29, 1.82) is 0 Å². The maximum Gasteiger partial charge on any atom is 0.335 e. The van der Waals surface area contributed by atoms with E-state index >= 15 is 0 Å². The van der Waals surface area contributed by atoms with Gasteiger partial charge in [0.05, 0.1) is 13.4 Å². The first kappa shape index (κ1) is 7.86. The molecule has 0 saturated heterocycles. The van der Waals surface area contributed by atoms with E-state index in [-0.39, 0.29) is 5.56 Å². The molecule has 0 unspecified atom stereocenters. The molecule has 0 heterocycles. The predicted octanol–water partition coefficient (Wildman–Crippen LogP) is 1.05. The number of carbonyl (C=O) groups is 1. The summed E-state index contributed by atoms with van der Waals surface area (Å²) in [6.45, 7) is 0. The molecule has 1 rings (SSSR count). The van der Waals surface area contributed by atoms with Gasteiger partial charge >= 0.3 is 5.97 Å². The Bertz CT molecular complexity index is 271. The van der Waals surface area contributed by atoms with Crippen LogP contribution in [0.3, 0.4) is 0 Å². The smallest absolute Gasteiger partial charge is 0.335 e. The molecule has 2 radical (unpaired) electrons. The number of aromatic carboxylic acids is 1. The Hall–Kier alpha value is -1.25. The van der Waals surface area contributed by atoms with Crippen LogP contribution in [0.5, 0.6) is 0 Å². The predicted molar refractivity (Wildman–Crippen MR) is 42.9 cm³/mol. The van der Waals surface area contributed by atoms with Crippen molar-refractivity contribution in [2.75, 3.05) is 0 Å². The SMILES string of the molecule is [B]Cc1cccc(C(=O)O)c1. The lowest BCUT2D eigenvalue weighted by atomic mass is 9.96. The molecule has 1 aromatic rings. The highest BCUT2D eigenvalue weighted by Gasteiger charge is 2.00. The topological polar surface area (TPSA) is 37.3 Å². The second-order valence-electron chi connectivity index (χ2n) is 2.21. The first-order chi connectivity index (χ1) is 5.24. The molecule has 54 valence electrons. The average Bonchev–Trinajstić information content (AvgIpc) is 2.05. The van der Waals surface area contributed by atoms with Crippen LogP contribution in [0.25, 0.3) is 0 Å². The van der Waals surface area contributed by atoms with Gasteiger partial charge < -0.3 is 5.11 Å². The van der Waals surface area contributed by atoms with E-state index in [1.165, 1.54) is 0 Å². The molecule has 0 amide bonds. The molecule has 3 heteroatoms. The highest BCUT2D eigenvalue weighted by Crippen LogP contribution is 2.04. The largest absolute Gasteiger partial charge is 0.478 e. The molecule has 1 aromatic carbocycles. The highest BCUT2D eigenvalue weighted by atomic mass is 16.4. The van der Waals surface area contributed by atoms with Crippen LogP contribution >= 0.6 is 0 Å². The van der Waals surface area contributed by atoms with Gasteiger partial charge in [0.1, 0.15) is 0 Å². The quantitative estimate of drug-likeness (QED) is 0.633. The molecule has 0 saturated carbocycles. The zero-order valence-electron chi connectivity index (χ0n) is 5.95. The number of carboxylic acid groups (broad SMARTS) is 1. The summed E-state index contributed by atoms with van der Waals surface area (Å²) >= 11 is 0. The van der Waals surface area contributed by atoms with E-state index in [2.05, 4.69) is 0 Å². The van der Waals surface area contributed by atoms with Gasteiger partial charge in [0.25, 0.3) is 0 Å². The zero-order valence-corrected chi connectivity index (χ0v) is 5.95. The molecule has 2 nitrogen and oxygen atoms in total. The average molecular weight is 146 g/mol. The Morgan fingerprint density at radius 3 is 2.82 bits per heavy atom. The fourth-order valence-electron chi connectivity index (χ4n) is 0.831. The van der Waals surface area contributed by atoms with Crippen LogP contribution in [-0.2, 0) is 6.32 Å². The van der Waals surface area contributed by atoms with Crippen molar-refractivity contribution in [3.63, 3.8) is 0 Å². The summed E-state index contributed by atoms with van der Waals surface area (Å²) in [5.74, 6) is -0.916. The van der Waals surface area contributed by atoms with Gasteiger partial charge in [-0.25, -0.2) is 4.79 Å². The van der Waals surface area contributed by atoms with Gasteiger partial charge in [-0.05, 0) is 12.1 Å². The fraction of sp³-hybridized carbons (Fsp3) is 0.125. The molecule has 0 aliphatic heterocycles. The van der Waals surface area contributed by atoms with Crippen LogP contribution in [-0.4, -0.2) is 18.9 Å². The normalized spacial score (nSPS) is 9.45. The molecule has 0 bridgehead atoms. The van der Waals surface area contributed by atoms with E-state index < -0.39 is 5.97 Å². The minimum atomic E-state index is -0.916. The Labute approximate surface area is 66.3 Å². The van der Waals surface area contributed by atoms with Crippen molar-refractivity contribution in [3.8, 4) is 0 Å². The molecule has 1 N–H and O–H groups in total. The summed E-state index contributed by atoms with van der Waals surface area (Å²) in [6.07, 6.45) is 0.376. The van der Waals surface area contributed by atoms with Crippen LogP contribution in [0.15, 0.2) is 24.3 Å². The Morgan fingerprint density at radius 2 is 2.27 bits per heavy atom. The van der Waals surface area contributed by atoms with Gasteiger partial charge in [-0.3, -0.25) is 0 Å². The lowest BCUT2D eigenvalue weighted by molar-refractivity contribution is 0.0697. The van der Waals surface area contributed by atoms with Gasteiger partial charge in [0, 0.05) is 0 Å². The third kappa shape index (κ3) is 1.83. The number of hydrogen-bond acceptors (Lipinski definition) is 1. The standard InChI is InChI=1S/C8H7BO2/c9-5-6-2-1-3-7(4-6)8(10)11/h1-4H,5H2,(H,10,11). The van der Waals surface area contributed by atoms with Gasteiger partial charge in [0.15, 0.2) is 0 Å². The Morgan fingerprint density at radius 1 is 1.55 bits per heavy atom. The van der Waals surface area contributed by atoms with Crippen LogP contribution in [0.4, 0.5) is 0 Å². The van der Waals surface area contributed by atoms with E-state index in [0.29, 0.717) is 6.32 Å². The first-order valence-electron chi connectivity index (χ1n) is 3.26. The molecule has 11 heavy (non-hydrogen) atoms. The summed E-state index contributed by atoms with van der Waals surface area (Å²) in [5, 5.41) is 8.56. The Balaban J connectivity index is 3.01. The van der Waals surface area contributed by atoms with Gasteiger partial charge in [0.2, 0.25) is 0 Å². The number of rotatable bonds is 2. The maximum absolute atomic E-state index is 10.4. The van der Waals surface area contributed by atoms with E-state index in [0.717, 1.165) is 5.56 Å². The van der Waals surface area contributed by atoms with E-state index in [1.54, 1.807) is 24.3 Å². The second-order valence-corrected chi connectivity index (χ2v) is 2.21. The van der Waals surface area contributed by atoms with E-state index in [1.807, 2.05) is 0 Å². The van der Waals surface area contributed by atoms with Gasteiger partial charge in [-0.2, -0.15) is 0 Å². The molecule has 0 aromatic heterocycles. The molecule has 0 aliphatic rings. The van der Waals surface area contributed by atoms with Crippen molar-refractivity contribution in [1.82, 2.24) is 0 Å². The van der Waals surface area contributed by atoms with Crippen molar-refractivity contribution < 1.29 is 9.90 Å². The summed E-state index contributed by atoms with van der Waals surface area (Å²) < 4.78 is 0. The van der Waals surface area contributed by atoms with Crippen molar-refractivity contribution in [2.24, 2.45) is 0 Å². The van der Waals surface area contributed by atoms with Crippen molar-refractivity contribution in [3.05, 3.63) is 35.4 Å². The molecular weight excluding hydrogens is 139 g/mol. The number of hydrogen-bond donors (Lipinski definition) is 1. The minimum Gasteiger partial charge on any atom is -0.478 e. The minimum absolute atomic E-state index is 0.285. The van der Waals surface area contributed by atoms with Crippen LogP contribution in [0, 0.1) is 0 Å². The Kier molecular flexibility index (Phi) is 2.31. The third-order valence-electron chi connectivity index (χ3n) is 1.41. The number of carboxylic acids is 1. The van der Waals surface area contributed by atoms with Crippen molar-refractivity contribution >= 4 is 13.8 Å². The van der Waals surface area contributed by atoms with E-state index in [4.69, 9.17) is 13.0 Å². The van der Waals surface area contributed by atoms with Crippen LogP contribution in [0.1, 0.15) is 15.9 Å². The second kappa shape index (κ2) is 3.24. The van der Waals surface area contributed by atoms with Crippen molar-refractivity contribution in [2.45, 2.75) is 6.32 Å². The monoisotopic (exact) mass is 146 g/mol. The number of benzene rings is 1. The zero-order chi connectivity index (χ0) is 8.27. The summed E-state index contributed by atoms with van der Waals surface area (Å²) in [5.41, 5.74) is 1.12. The van der Waals surface area contributed by atoms with Crippen LogP contribution < -0.4 is 0 Å². The third-order valence-corrected chi connectivity index (χ3v) is 1.41.